The number of ether oxygens (including phenoxy) is 1. The zero-order valence-electron chi connectivity index (χ0n) is 15.6. The number of methoxy groups -OCH3 is 1. The maximum Gasteiger partial charge on any atom is 0.248 e. The van der Waals surface area contributed by atoms with E-state index in [0.29, 0.717) is 17.3 Å². The van der Waals surface area contributed by atoms with Crippen molar-refractivity contribution < 1.29 is 9.15 Å². The Labute approximate surface area is 168 Å². The molecular weight excluding hydrogens is 362 g/mol. The van der Waals surface area contributed by atoms with Crippen LogP contribution in [0.3, 0.4) is 0 Å². The van der Waals surface area contributed by atoms with Crippen LogP contribution in [0.15, 0.2) is 77.2 Å². The highest BCUT2D eigenvalue weighted by atomic mass is 16.5. The molecule has 5 heteroatoms. The summed E-state index contributed by atoms with van der Waals surface area (Å²) in [6.07, 6.45) is 0. The average Bonchev–Trinajstić information content (AvgIpc) is 3.29. The van der Waals surface area contributed by atoms with Crippen molar-refractivity contribution in [3.05, 3.63) is 89.5 Å². The van der Waals surface area contributed by atoms with Gasteiger partial charge in [-0.1, -0.05) is 11.8 Å². The van der Waals surface area contributed by atoms with E-state index in [9.17, 15) is 0 Å². The van der Waals surface area contributed by atoms with Crippen molar-refractivity contribution >= 4 is 0 Å². The van der Waals surface area contributed by atoms with Gasteiger partial charge >= 0.3 is 0 Å². The number of nitriles is 1. The summed E-state index contributed by atoms with van der Waals surface area (Å²) in [5, 5.41) is 17.1. The van der Waals surface area contributed by atoms with Crippen LogP contribution in [0.4, 0.5) is 0 Å². The summed E-state index contributed by atoms with van der Waals surface area (Å²) in [4.78, 5) is 0. The molecule has 0 bridgehead atoms. The van der Waals surface area contributed by atoms with Gasteiger partial charge in [0.05, 0.1) is 18.7 Å². The molecule has 4 aromatic rings. The lowest BCUT2D eigenvalue weighted by Gasteiger charge is -1.99. The van der Waals surface area contributed by atoms with Crippen LogP contribution >= 0.6 is 0 Å². The van der Waals surface area contributed by atoms with E-state index in [1.54, 1.807) is 19.2 Å². The van der Waals surface area contributed by atoms with E-state index in [2.05, 4.69) is 28.1 Å². The van der Waals surface area contributed by atoms with Gasteiger partial charge in [0.2, 0.25) is 11.8 Å². The molecule has 138 valence electrons. The lowest BCUT2D eigenvalue weighted by Crippen LogP contribution is -1.82. The fourth-order valence-corrected chi connectivity index (χ4v) is 2.66. The number of hydrogen-bond donors (Lipinski definition) is 0. The van der Waals surface area contributed by atoms with Crippen molar-refractivity contribution in [2.45, 2.75) is 0 Å². The Morgan fingerprint density at radius 1 is 0.690 bits per heavy atom. The second kappa shape index (κ2) is 8.12. The third kappa shape index (κ3) is 4.16. The van der Waals surface area contributed by atoms with Gasteiger partial charge in [-0.05, 0) is 72.8 Å². The lowest BCUT2D eigenvalue weighted by atomic mass is 10.1. The van der Waals surface area contributed by atoms with Gasteiger partial charge in [0.25, 0.3) is 0 Å². The Balaban J connectivity index is 1.50. The third-order valence-electron chi connectivity index (χ3n) is 4.26. The van der Waals surface area contributed by atoms with Gasteiger partial charge in [0.15, 0.2) is 0 Å². The molecule has 0 aliphatic heterocycles. The van der Waals surface area contributed by atoms with E-state index in [0.717, 1.165) is 28.0 Å². The molecular formula is C24H15N3O2. The fraction of sp³-hybridized carbons (Fsp3) is 0.0417. The van der Waals surface area contributed by atoms with Gasteiger partial charge in [-0.2, -0.15) is 5.26 Å². The van der Waals surface area contributed by atoms with Crippen LogP contribution in [0.25, 0.3) is 22.9 Å². The van der Waals surface area contributed by atoms with Gasteiger partial charge in [-0.15, -0.1) is 10.2 Å². The van der Waals surface area contributed by atoms with E-state index in [1.807, 2.05) is 60.7 Å². The zero-order chi connectivity index (χ0) is 20.1. The Kier molecular flexibility index (Phi) is 5.05. The molecule has 1 heterocycles. The van der Waals surface area contributed by atoms with E-state index >= 15 is 0 Å². The molecule has 5 nitrogen and oxygen atoms in total. The monoisotopic (exact) mass is 377 g/mol. The van der Waals surface area contributed by atoms with Crippen molar-refractivity contribution in [2.24, 2.45) is 0 Å². The molecule has 0 unspecified atom stereocenters. The van der Waals surface area contributed by atoms with Crippen molar-refractivity contribution in [1.82, 2.24) is 10.2 Å². The highest BCUT2D eigenvalue weighted by molar-refractivity contribution is 5.59. The molecule has 29 heavy (non-hydrogen) atoms. The van der Waals surface area contributed by atoms with Crippen molar-refractivity contribution in [2.75, 3.05) is 7.11 Å². The predicted octanol–water partition coefficient (Wildman–Crippen LogP) is 4.68. The third-order valence-corrected chi connectivity index (χ3v) is 4.26. The Morgan fingerprint density at radius 3 is 1.62 bits per heavy atom. The largest absolute Gasteiger partial charge is 0.497 e. The lowest BCUT2D eigenvalue weighted by molar-refractivity contribution is 0.415. The van der Waals surface area contributed by atoms with Crippen LogP contribution in [-0.4, -0.2) is 17.3 Å². The van der Waals surface area contributed by atoms with E-state index < -0.39 is 0 Å². The standard InChI is InChI=1S/C24H15N3O2/c1-28-22-14-12-21(13-15-22)24-27-26-23(29-24)20-10-8-18(9-11-20)3-2-17-4-6-19(16-25)7-5-17/h4-15H,1H3. The first-order valence-electron chi connectivity index (χ1n) is 8.86. The van der Waals surface area contributed by atoms with Crippen LogP contribution < -0.4 is 4.74 Å². The smallest absolute Gasteiger partial charge is 0.248 e. The van der Waals surface area contributed by atoms with Gasteiger partial charge < -0.3 is 9.15 Å². The van der Waals surface area contributed by atoms with Gasteiger partial charge in [0, 0.05) is 22.3 Å². The van der Waals surface area contributed by atoms with Crippen LogP contribution in [0, 0.1) is 23.2 Å². The number of aromatic nitrogens is 2. The maximum atomic E-state index is 8.84. The molecule has 4 rings (SSSR count). The first kappa shape index (κ1) is 18.0. The van der Waals surface area contributed by atoms with E-state index in [4.69, 9.17) is 14.4 Å². The summed E-state index contributed by atoms with van der Waals surface area (Å²) in [7, 11) is 1.62. The van der Waals surface area contributed by atoms with Gasteiger partial charge in [0.1, 0.15) is 5.75 Å². The molecule has 0 aliphatic carbocycles. The van der Waals surface area contributed by atoms with E-state index in [-0.39, 0.29) is 0 Å². The summed E-state index contributed by atoms with van der Waals surface area (Å²) < 4.78 is 11.0. The first-order valence-corrected chi connectivity index (χ1v) is 8.86. The number of nitrogens with zero attached hydrogens (tertiary/aromatic N) is 3. The van der Waals surface area contributed by atoms with Crippen LogP contribution in [-0.2, 0) is 0 Å². The molecule has 0 amide bonds. The topological polar surface area (TPSA) is 71.9 Å². The summed E-state index contributed by atoms with van der Waals surface area (Å²) in [5.74, 6) is 7.86. The summed E-state index contributed by atoms with van der Waals surface area (Å²) >= 11 is 0. The quantitative estimate of drug-likeness (QED) is 0.485. The van der Waals surface area contributed by atoms with Crippen molar-refractivity contribution in [1.29, 1.82) is 5.26 Å². The molecule has 0 fully saturated rings. The maximum absolute atomic E-state index is 8.84. The number of rotatable bonds is 3. The Hall–Kier alpha value is -4.35. The average molecular weight is 377 g/mol. The van der Waals surface area contributed by atoms with Crippen LogP contribution in [0.1, 0.15) is 16.7 Å². The predicted molar refractivity (Wildman–Crippen MR) is 109 cm³/mol. The van der Waals surface area contributed by atoms with E-state index in [1.165, 1.54) is 0 Å². The molecule has 0 radical (unpaired) electrons. The molecule has 0 saturated carbocycles. The summed E-state index contributed by atoms with van der Waals surface area (Å²) in [6, 6.07) is 24.3. The van der Waals surface area contributed by atoms with Gasteiger partial charge in [-0.3, -0.25) is 0 Å². The molecule has 0 N–H and O–H groups in total. The van der Waals surface area contributed by atoms with Crippen molar-refractivity contribution in [3.63, 3.8) is 0 Å². The minimum atomic E-state index is 0.447. The minimum absolute atomic E-state index is 0.447. The Bertz CT molecular complexity index is 1220. The second-order valence-electron chi connectivity index (χ2n) is 6.16. The Morgan fingerprint density at radius 2 is 1.14 bits per heavy atom. The zero-order valence-corrected chi connectivity index (χ0v) is 15.6. The molecule has 0 saturated heterocycles. The second-order valence-corrected chi connectivity index (χ2v) is 6.16. The first-order chi connectivity index (χ1) is 14.2. The van der Waals surface area contributed by atoms with Crippen LogP contribution in [0.2, 0.25) is 0 Å². The molecule has 0 atom stereocenters. The van der Waals surface area contributed by atoms with Crippen LogP contribution in [0.5, 0.6) is 5.75 Å². The fourth-order valence-electron chi connectivity index (χ4n) is 2.66. The minimum Gasteiger partial charge on any atom is -0.497 e. The summed E-state index contributed by atoms with van der Waals surface area (Å²) in [5.41, 5.74) is 3.99. The highest BCUT2D eigenvalue weighted by Gasteiger charge is 2.10. The SMILES string of the molecule is COc1ccc(-c2nnc(-c3ccc(C#Cc4ccc(C#N)cc4)cc3)o2)cc1. The number of hydrogen-bond acceptors (Lipinski definition) is 5. The summed E-state index contributed by atoms with van der Waals surface area (Å²) in [6.45, 7) is 0. The normalized spacial score (nSPS) is 9.93. The molecule has 0 spiro atoms. The molecule has 0 aliphatic rings. The molecule has 3 aromatic carbocycles. The van der Waals surface area contributed by atoms with Gasteiger partial charge in [-0.25, -0.2) is 0 Å². The number of benzene rings is 3. The van der Waals surface area contributed by atoms with Crippen molar-refractivity contribution in [3.8, 4) is 46.6 Å². The highest BCUT2D eigenvalue weighted by Crippen LogP contribution is 2.25. The molecule has 1 aromatic heterocycles.